The zero-order chi connectivity index (χ0) is 28.9. The molecule has 1 amide bonds. The Balaban J connectivity index is 1.54. The molecule has 0 radical (unpaired) electrons. The molecule has 2 heterocycles. The quantitative estimate of drug-likeness (QED) is 0.200. The minimum atomic E-state index is -0.604. The fraction of sp³-hybridized carbons (Fsp3) is 0.233. The van der Waals surface area contributed by atoms with E-state index in [0.717, 1.165) is 11.1 Å². The van der Waals surface area contributed by atoms with Gasteiger partial charge in [0.1, 0.15) is 11.8 Å². The molecule has 1 aliphatic rings. The third kappa shape index (κ3) is 5.98. The van der Waals surface area contributed by atoms with Crippen LogP contribution in [0, 0.1) is 0 Å². The van der Waals surface area contributed by atoms with E-state index in [2.05, 4.69) is 10.6 Å². The SMILES string of the molecule is CCOc1ccc(C2C(C(=O)Nc3ccccc3OC)=C(C)Nc3nc(SCc4ccccc4Cl)nn32)cc1OC. The molecule has 0 saturated heterocycles. The van der Waals surface area contributed by atoms with Crippen LogP contribution in [0.2, 0.25) is 5.02 Å². The average molecular weight is 592 g/mol. The Morgan fingerprint density at radius 3 is 2.56 bits per heavy atom. The maximum absolute atomic E-state index is 13.9. The Kier molecular flexibility index (Phi) is 8.70. The smallest absolute Gasteiger partial charge is 0.255 e. The van der Waals surface area contributed by atoms with E-state index >= 15 is 0 Å². The highest BCUT2D eigenvalue weighted by molar-refractivity contribution is 7.98. The third-order valence-electron chi connectivity index (χ3n) is 6.55. The molecule has 3 aromatic carbocycles. The number of amides is 1. The molecule has 1 atom stereocenters. The number of ether oxygens (including phenoxy) is 3. The molecule has 4 aromatic rings. The van der Waals surface area contributed by atoms with Crippen LogP contribution in [0.15, 0.2) is 83.2 Å². The number of benzene rings is 3. The Bertz CT molecular complexity index is 1610. The zero-order valence-corrected chi connectivity index (χ0v) is 24.7. The van der Waals surface area contributed by atoms with Gasteiger partial charge >= 0.3 is 0 Å². The number of anilines is 2. The molecule has 1 unspecified atom stereocenters. The van der Waals surface area contributed by atoms with Gasteiger partial charge in [-0.2, -0.15) is 4.98 Å². The number of carbonyl (C=O) groups is 1. The monoisotopic (exact) mass is 591 g/mol. The van der Waals surface area contributed by atoms with E-state index in [-0.39, 0.29) is 5.91 Å². The molecule has 0 spiro atoms. The minimum Gasteiger partial charge on any atom is -0.495 e. The first-order valence-corrected chi connectivity index (χ1v) is 14.4. The van der Waals surface area contributed by atoms with Gasteiger partial charge in [0.15, 0.2) is 11.5 Å². The van der Waals surface area contributed by atoms with Crippen LogP contribution in [-0.4, -0.2) is 41.5 Å². The van der Waals surface area contributed by atoms with E-state index in [1.807, 2.05) is 68.4 Å². The number of thioether (sulfide) groups is 1. The van der Waals surface area contributed by atoms with Crippen molar-refractivity contribution >= 4 is 40.9 Å². The molecule has 0 aliphatic carbocycles. The molecule has 11 heteroatoms. The van der Waals surface area contributed by atoms with Gasteiger partial charge in [-0.25, -0.2) is 4.68 Å². The van der Waals surface area contributed by atoms with Gasteiger partial charge in [0.25, 0.3) is 5.91 Å². The molecule has 9 nitrogen and oxygen atoms in total. The van der Waals surface area contributed by atoms with Gasteiger partial charge in [0.2, 0.25) is 11.1 Å². The van der Waals surface area contributed by atoms with Crippen molar-refractivity contribution in [1.29, 1.82) is 0 Å². The number of hydrogen-bond acceptors (Lipinski definition) is 8. The van der Waals surface area contributed by atoms with Crippen molar-refractivity contribution in [3.63, 3.8) is 0 Å². The van der Waals surface area contributed by atoms with Crippen molar-refractivity contribution in [3.8, 4) is 17.2 Å². The molecule has 5 rings (SSSR count). The van der Waals surface area contributed by atoms with Crippen molar-refractivity contribution in [1.82, 2.24) is 14.8 Å². The predicted octanol–water partition coefficient (Wildman–Crippen LogP) is 6.57. The summed E-state index contributed by atoms with van der Waals surface area (Å²) in [6.07, 6.45) is 0. The highest BCUT2D eigenvalue weighted by Gasteiger charge is 2.35. The van der Waals surface area contributed by atoms with Gasteiger partial charge < -0.3 is 24.8 Å². The van der Waals surface area contributed by atoms with Crippen LogP contribution >= 0.6 is 23.4 Å². The first-order valence-electron chi connectivity index (χ1n) is 13.0. The van der Waals surface area contributed by atoms with Crippen molar-refractivity contribution in [3.05, 3.63) is 94.1 Å². The second-order valence-electron chi connectivity index (χ2n) is 9.11. The molecule has 0 fully saturated rings. The maximum atomic E-state index is 13.9. The van der Waals surface area contributed by atoms with Crippen molar-refractivity contribution in [2.45, 2.75) is 30.8 Å². The molecule has 212 valence electrons. The number of fused-ring (bicyclic) bond motifs is 1. The summed E-state index contributed by atoms with van der Waals surface area (Å²) in [5, 5.41) is 12.4. The molecule has 2 N–H and O–H groups in total. The van der Waals surface area contributed by atoms with Gasteiger partial charge in [-0.15, -0.1) is 5.10 Å². The van der Waals surface area contributed by atoms with Crippen LogP contribution in [0.4, 0.5) is 11.6 Å². The first-order chi connectivity index (χ1) is 19.9. The van der Waals surface area contributed by atoms with Crippen LogP contribution in [0.3, 0.4) is 0 Å². The van der Waals surface area contributed by atoms with Crippen molar-refractivity contribution in [2.24, 2.45) is 0 Å². The van der Waals surface area contributed by atoms with E-state index in [4.69, 9.17) is 35.9 Å². The van der Waals surface area contributed by atoms with Gasteiger partial charge in [-0.3, -0.25) is 4.79 Å². The standard InChI is InChI=1S/C30H30ClN5O4S/c1-5-40-24-15-14-19(16-25(24)39-4)27-26(28(37)33-22-12-8-9-13-23(22)38-3)18(2)32-29-34-30(35-36(27)29)41-17-20-10-6-7-11-21(20)31/h6-16,27H,5,17H2,1-4H3,(H,33,37)(H,32,34,35). The summed E-state index contributed by atoms with van der Waals surface area (Å²) in [5.41, 5.74) is 3.45. The normalized spacial score (nSPS) is 14.2. The number of methoxy groups -OCH3 is 2. The van der Waals surface area contributed by atoms with Gasteiger partial charge in [-0.05, 0) is 55.3 Å². The Labute approximate surface area is 247 Å². The van der Waals surface area contributed by atoms with Crippen molar-refractivity contribution < 1.29 is 19.0 Å². The molecular formula is C30H30ClN5O4S. The lowest BCUT2D eigenvalue weighted by Gasteiger charge is -2.29. The number of rotatable bonds is 10. The summed E-state index contributed by atoms with van der Waals surface area (Å²) < 4.78 is 18.6. The number of allylic oxidation sites excluding steroid dienone is 1. The number of para-hydroxylation sites is 2. The number of carbonyl (C=O) groups excluding carboxylic acids is 1. The maximum Gasteiger partial charge on any atom is 0.255 e. The summed E-state index contributed by atoms with van der Waals surface area (Å²) in [6, 6.07) is 20.0. The number of nitrogens with zero attached hydrogens (tertiary/aromatic N) is 3. The van der Waals surface area contributed by atoms with Gasteiger partial charge in [0.05, 0.1) is 32.1 Å². The van der Waals surface area contributed by atoms with Crippen molar-refractivity contribution in [2.75, 3.05) is 31.5 Å². The summed E-state index contributed by atoms with van der Waals surface area (Å²) in [6.45, 7) is 4.26. The minimum absolute atomic E-state index is 0.302. The number of nitrogens with one attached hydrogen (secondary N) is 2. The Morgan fingerprint density at radius 1 is 1.05 bits per heavy atom. The van der Waals surface area contributed by atoms with Crippen LogP contribution in [-0.2, 0) is 10.5 Å². The van der Waals surface area contributed by atoms with E-state index in [1.54, 1.807) is 31.0 Å². The number of hydrogen-bond donors (Lipinski definition) is 2. The van der Waals surface area contributed by atoms with Crippen LogP contribution < -0.4 is 24.8 Å². The average Bonchev–Trinajstić information content (AvgIpc) is 3.39. The fourth-order valence-electron chi connectivity index (χ4n) is 4.62. The van der Waals surface area contributed by atoms with E-state index in [1.165, 1.54) is 11.8 Å². The summed E-state index contributed by atoms with van der Waals surface area (Å²) >= 11 is 7.83. The third-order valence-corrected chi connectivity index (χ3v) is 7.81. The highest BCUT2D eigenvalue weighted by Crippen LogP contribution is 2.40. The van der Waals surface area contributed by atoms with Gasteiger partial charge in [-0.1, -0.05) is 59.8 Å². The van der Waals surface area contributed by atoms with E-state index < -0.39 is 6.04 Å². The Hall–Kier alpha value is -4.15. The molecule has 0 bridgehead atoms. The largest absolute Gasteiger partial charge is 0.495 e. The summed E-state index contributed by atoms with van der Waals surface area (Å²) in [4.78, 5) is 18.7. The van der Waals surface area contributed by atoms with E-state index in [9.17, 15) is 4.79 Å². The predicted molar refractivity (Wildman–Crippen MR) is 161 cm³/mol. The second-order valence-corrected chi connectivity index (χ2v) is 10.5. The first kappa shape index (κ1) is 28.4. The van der Waals surface area contributed by atoms with E-state index in [0.29, 0.717) is 62.7 Å². The zero-order valence-electron chi connectivity index (χ0n) is 23.1. The molecule has 0 saturated carbocycles. The number of halogens is 1. The summed E-state index contributed by atoms with van der Waals surface area (Å²) in [5.74, 6) is 2.54. The molecular weight excluding hydrogens is 562 g/mol. The molecule has 1 aliphatic heterocycles. The second kappa shape index (κ2) is 12.6. The lowest BCUT2D eigenvalue weighted by molar-refractivity contribution is -0.113. The Morgan fingerprint density at radius 2 is 1.80 bits per heavy atom. The van der Waals surface area contributed by atoms with Gasteiger partial charge in [0, 0.05) is 16.5 Å². The van der Waals surface area contributed by atoms with Crippen LogP contribution in [0.5, 0.6) is 17.2 Å². The lowest BCUT2D eigenvalue weighted by Crippen LogP contribution is -2.31. The number of aromatic nitrogens is 3. The fourth-order valence-corrected chi connectivity index (χ4v) is 5.73. The topological polar surface area (TPSA) is 99.5 Å². The summed E-state index contributed by atoms with van der Waals surface area (Å²) in [7, 11) is 3.15. The molecule has 1 aromatic heterocycles. The van der Waals surface area contributed by atoms with Crippen LogP contribution in [0.1, 0.15) is 31.0 Å². The highest BCUT2D eigenvalue weighted by atomic mass is 35.5. The lowest BCUT2D eigenvalue weighted by atomic mass is 9.94. The molecule has 41 heavy (non-hydrogen) atoms. The van der Waals surface area contributed by atoms with Crippen LogP contribution in [0.25, 0.3) is 0 Å².